The molecule has 5 N–H and O–H groups in total. The van der Waals surface area contributed by atoms with E-state index in [4.69, 9.17) is 22.1 Å². The zero-order valence-corrected chi connectivity index (χ0v) is 12.7. The highest BCUT2D eigenvalue weighted by atomic mass is 35.5. The molecule has 112 valence electrons. The van der Waals surface area contributed by atoms with E-state index in [1.54, 1.807) is 5.43 Å². The molecule has 4 nitrogen and oxygen atoms in total. The van der Waals surface area contributed by atoms with Crippen LogP contribution in [0.15, 0.2) is 48.5 Å². The van der Waals surface area contributed by atoms with Gasteiger partial charge in [-0.2, -0.15) is 0 Å². The molecule has 0 heterocycles. The minimum Gasteiger partial charge on any atom is -0.324 e. The number of nitrogens with one attached hydrogen (secondary N) is 1. The Hall–Kier alpha value is -1.88. The lowest BCUT2D eigenvalue weighted by Gasteiger charge is -2.12. The van der Waals surface area contributed by atoms with Gasteiger partial charge in [0.2, 0.25) is 6.41 Å². The van der Waals surface area contributed by atoms with Crippen LogP contribution in [0.4, 0.5) is 0 Å². The van der Waals surface area contributed by atoms with Crippen molar-refractivity contribution in [1.82, 2.24) is 5.43 Å². The zero-order chi connectivity index (χ0) is 15.7. The molecule has 2 aromatic rings. The molecule has 1 unspecified atom stereocenters. The molecule has 0 bridgehead atoms. The fourth-order valence-electron chi connectivity index (χ4n) is 1.81. The number of carbonyl (C=O) groups excluding carboxylic acids is 1. The first kappa shape index (κ1) is 17.2. The van der Waals surface area contributed by atoms with E-state index in [1.165, 1.54) is 16.7 Å². The second kappa shape index (κ2) is 9.13. The van der Waals surface area contributed by atoms with Gasteiger partial charge in [0, 0.05) is 11.1 Å². The lowest BCUT2D eigenvalue weighted by Crippen LogP contribution is -2.18. The van der Waals surface area contributed by atoms with Gasteiger partial charge < -0.3 is 5.73 Å². The van der Waals surface area contributed by atoms with Crippen molar-refractivity contribution in [2.24, 2.45) is 11.6 Å². The molecule has 0 saturated heterocycles. The van der Waals surface area contributed by atoms with Gasteiger partial charge in [-0.15, -0.1) is 0 Å². The first-order valence-corrected chi connectivity index (χ1v) is 6.91. The third kappa shape index (κ3) is 6.40. The molecule has 5 heteroatoms. The lowest BCUT2D eigenvalue weighted by molar-refractivity contribution is -0.109. The minimum atomic E-state index is 0.0387. The number of hydrogen-bond donors (Lipinski definition) is 3. The molecule has 0 saturated carbocycles. The topological polar surface area (TPSA) is 81.1 Å². The summed E-state index contributed by atoms with van der Waals surface area (Å²) in [5.74, 6) is 4.41. The largest absolute Gasteiger partial charge is 0.324 e. The van der Waals surface area contributed by atoms with Gasteiger partial charge in [-0.3, -0.25) is 10.2 Å². The predicted molar refractivity (Wildman–Crippen MR) is 86.7 cm³/mol. The van der Waals surface area contributed by atoms with E-state index in [0.29, 0.717) is 6.41 Å². The van der Waals surface area contributed by atoms with Gasteiger partial charge in [0.15, 0.2) is 0 Å². The second-order valence-electron chi connectivity index (χ2n) is 4.63. The highest BCUT2D eigenvalue weighted by Crippen LogP contribution is 2.18. The summed E-state index contributed by atoms with van der Waals surface area (Å²) in [6, 6.07) is 16.3. The van der Waals surface area contributed by atoms with Gasteiger partial charge >= 0.3 is 0 Å². The number of rotatable bonds is 4. The number of nitrogens with two attached hydrogens (primary N) is 2. The van der Waals surface area contributed by atoms with Crippen molar-refractivity contribution >= 4 is 18.0 Å². The third-order valence-corrected chi connectivity index (χ3v) is 3.19. The van der Waals surface area contributed by atoms with Crippen molar-refractivity contribution in [2.75, 3.05) is 0 Å². The Labute approximate surface area is 130 Å². The first-order chi connectivity index (χ1) is 10.1. The molecule has 0 spiro atoms. The van der Waals surface area contributed by atoms with E-state index in [2.05, 4.69) is 37.0 Å². The molecular formula is C16H20ClN3O. The Morgan fingerprint density at radius 1 is 1.14 bits per heavy atom. The molecule has 0 aliphatic heterocycles. The number of amides is 1. The highest BCUT2D eigenvalue weighted by molar-refractivity contribution is 6.30. The highest BCUT2D eigenvalue weighted by Gasteiger charge is 2.06. The Bertz CT molecular complexity index is 540. The van der Waals surface area contributed by atoms with E-state index >= 15 is 0 Å². The van der Waals surface area contributed by atoms with Crippen molar-refractivity contribution in [3.63, 3.8) is 0 Å². The molecule has 1 atom stereocenters. The number of halogens is 1. The van der Waals surface area contributed by atoms with Gasteiger partial charge in [0.25, 0.3) is 0 Å². The third-order valence-electron chi connectivity index (χ3n) is 2.94. The van der Waals surface area contributed by atoms with E-state index in [-0.39, 0.29) is 6.04 Å². The van der Waals surface area contributed by atoms with Crippen LogP contribution >= 0.6 is 11.6 Å². The average molecular weight is 306 g/mol. The summed E-state index contributed by atoms with van der Waals surface area (Å²) in [4.78, 5) is 8.94. The van der Waals surface area contributed by atoms with Gasteiger partial charge in [-0.05, 0) is 36.6 Å². The van der Waals surface area contributed by atoms with Gasteiger partial charge in [-0.1, -0.05) is 53.6 Å². The number of aryl methyl sites for hydroxylation is 1. The van der Waals surface area contributed by atoms with Crippen LogP contribution in [0.5, 0.6) is 0 Å². The Morgan fingerprint density at radius 2 is 1.67 bits per heavy atom. The fourth-order valence-corrected chi connectivity index (χ4v) is 1.93. The van der Waals surface area contributed by atoms with Gasteiger partial charge in [0.05, 0.1) is 0 Å². The van der Waals surface area contributed by atoms with Gasteiger partial charge in [-0.25, -0.2) is 5.84 Å². The Morgan fingerprint density at radius 3 is 2.14 bits per heavy atom. The smallest absolute Gasteiger partial charge is 0.221 e. The molecule has 0 aliphatic rings. The predicted octanol–water partition coefficient (Wildman–Crippen LogP) is 2.50. The minimum absolute atomic E-state index is 0.0387. The second-order valence-corrected chi connectivity index (χ2v) is 5.07. The monoisotopic (exact) mass is 305 g/mol. The number of hydrogen-bond acceptors (Lipinski definition) is 3. The molecule has 0 fully saturated rings. The maximum Gasteiger partial charge on any atom is 0.221 e. The molecule has 1 amide bonds. The standard InChI is InChI=1S/C15H16ClN.CH4N2O/c1-11-2-6-13(7-3-11)15(17)10-12-4-8-14(16)9-5-12;2-3-1-4/h2-9,15H,10,17H2,1H3;1H,2H2,(H,3,4). The Kier molecular flexibility index (Phi) is 7.46. The van der Waals surface area contributed by atoms with Crippen molar-refractivity contribution in [2.45, 2.75) is 19.4 Å². The van der Waals surface area contributed by atoms with Crippen LogP contribution in [-0.2, 0) is 11.2 Å². The average Bonchev–Trinajstić information content (AvgIpc) is 2.50. The normalized spacial score (nSPS) is 11.0. The van der Waals surface area contributed by atoms with Crippen LogP contribution in [0.2, 0.25) is 5.02 Å². The maximum atomic E-state index is 8.94. The fraction of sp³-hybridized carbons (Fsp3) is 0.188. The van der Waals surface area contributed by atoms with Crippen LogP contribution in [0.1, 0.15) is 22.7 Å². The summed E-state index contributed by atoms with van der Waals surface area (Å²) in [6.45, 7) is 2.08. The summed E-state index contributed by atoms with van der Waals surface area (Å²) >= 11 is 5.85. The first-order valence-electron chi connectivity index (χ1n) is 6.53. The van der Waals surface area contributed by atoms with Crippen molar-refractivity contribution < 1.29 is 4.79 Å². The SMILES string of the molecule is Cc1ccc(C(N)Cc2ccc(Cl)cc2)cc1.NNC=O. The van der Waals surface area contributed by atoms with E-state index < -0.39 is 0 Å². The van der Waals surface area contributed by atoms with Crippen molar-refractivity contribution in [3.05, 3.63) is 70.2 Å². The number of hydrazine groups is 1. The molecular weight excluding hydrogens is 286 g/mol. The van der Waals surface area contributed by atoms with E-state index in [1.807, 2.05) is 24.3 Å². The Balaban J connectivity index is 0.000000491. The molecule has 21 heavy (non-hydrogen) atoms. The van der Waals surface area contributed by atoms with Crippen LogP contribution < -0.4 is 17.0 Å². The molecule has 0 radical (unpaired) electrons. The van der Waals surface area contributed by atoms with E-state index in [0.717, 1.165) is 11.4 Å². The molecule has 0 aromatic heterocycles. The van der Waals surface area contributed by atoms with Crippen LogP contribution in [0, 0.1) is 6.92 Å². The lowest BCUT2D eigenvalue weighted by atomic mass is 9.99. The van der Waals surface area contributed by atoms with Gasteiger partial charge in [0.1, 0.15) is 0 Å². The van der Waals surface area contributed by atoms with Crippen LogP contribution in [-0.4, -0.2) is 6.41 Å². The summed E-state index contributed by atoms with van der Waals surface area (Å²) in [6.07, 6.45) is 1.24. The molecule has 2 rings (SSSR count). The maximum absolute atomic E-state index is 8.94. The summed E-state index contributed by atoms with van der Waals surface area (Å²) in [5, 5.41) is 0.762. The summed E-state index contributed by atoms with van der Waals surface area (Å²) in [7, 11) is 0. The van der Waals surface area contributed by atoms with Crippen LogP contribution in [0.3, 0.4) is 0 Å². The number of benzene rings is 2. The van der Waals surface area contributed by atoms with Crippen molar-refractivity contribution in [1.29, 1.82) is 0 Å². The summed E-state index contributed by atoms with van der Waals surface area (Å²) in [5.41, 5.74) is 11.6. The molecule has 2 aromatic carbocycles. The number of carbonyl (C=O) groups is 1. The quantitative estimate of drug-likeness (QED) is 0.351. The summed E-state index contributed by atoms with van der Waals surface area (Å²) < 4.78 is 0. The van der Waals surface area contributed by atoms with E-state index in [9.17, 15) is 0 Å². The van der Waals surface area contributed by atoms with Crippen molar-refractivity contribution in [3.8, 4) is 0 Å². The zero-order valence-electron chi connectivity index (χ0n) is 11.9. The molecule has 0 aliphatic carbocycles. The van der Waals surface area contributed by atoms with Crippen LogP contribution in [0.25, 0.3) is 0 Å².